The van der Waals surface area contributed by atoms with Crippen molar-refractivity contribution in [3.8, 4) is 0 Å². The fourth-order valence-electron chi connectivity index (χ4n) is 22.8. The molecule has 0 aromatic heterocycles. The van der Waals surface area contributed by atoms with Crippen molar-refractivity contribution in [1.82, 2.24) is 9.80 Å². The second-order valence-electron chi connectivity index (χ2n) is 30.9. The summed E-state index contributed by atoms with van der Waals surface area (Å²) in [6.07, 6.45) is 73.4. The predicted molar refractivity (Wildman–Crippen MR) is 321 cm³/mol. The molecule has 436 valence electrons. The fraction of sp³-hybridized carbons (Fsp3) is 1.00. The van der Waals surface area contributed by atoms with Crippen LogP contribution in [0.25, 0.3) is 0 Å². The van der Waals surface area contributed by atoms with E-state index in [2.05, 4.69) is 9.80 Å². The van der Waals surface area contributed by atoms with Gasteiger partial charge in [0.2, 0.25) is 0 Å². The first-order valence-corrected chi connectivity index (χ1v) is 36.1. The molecule has 4 nitrogen and oxygen atoms in total. The van der Waals surface area contributed by atoms with E-state index in [-0.39, 0.29) is 0 Å². The molecule has 11 rings (SSSR count). The summed E-state index contributed by atoms with van der Waals surface area (Å²) in [7, 11) is 3.79. The molecule has 11 aliphatic carbocycles. The standard InChI is InChI=1S/C72H126N2O2/c1-75-51-49-53-13-17-57(18-14-53)63-29-41-69(42-30-63)73(67-37-25-61(26-38-67)55-9-5-3-6-10-55)71-45-33-65(34-46-71)59-21-23-60(24-22-59)66-35-47-72(48-36-66)74(68-39-27-62(28-40-68)56-11-7-4-8-12-56)70-43-31-64(32-44-70)58-19-15-54(16-20-58)50-52-76-2/h53-72H,3-52H2,1-2H3. The lowest BCUT2D eigenvalue weighted by atomic mass is 9.65. The highest BCUT2D eigenvalue weighted by Crippen LogP contribution is 2.51. The van der Waals surface area contributed by atoms with Gasteiger partial charge < -0.3 is 9.47 Å². The maximum atomic E-state index is 5.48. The smallest absolute Gasteiger partial charge is 0.0464 e. The van der Waals surface area contributed by atoms with Crippen molar-refractivity contribution in [1.29, 1.82) is 0 Å². The third kappa shape index (κ3) is 15.0. The molecule has 0 unspecified atom stereocenters. The second kappa shape index (κ2) is 29.4. The molecule has 76 heavy (non-hydrogen) atoms. The van der Waals surface area contributed by atoms with Crippen LogP contribution in [0.4, 0.5) is 0 Å². The number of nitrogens with zero attached hydrogens (tertiary/aromatic N) is 2. The van der Waals surface area contributed by atoms with Gasteiger partial charge in [0.05, 0.1) is 0 Å². The van der Waals surface area contributed by atoms with Crippen LogP contribution in [-0.2, 0) is 9.47 Å². The number of methoxy groups -OCH3 is 2. The fourth-order valence-corrected chi connectivity index (χ4v) is 22.8. The van der Waals surface area contributed by atoms with E-state index in [0.717, 1.165) is 132 Å². The SMILES string of the molecule is COCCC1CCC(C2CCC(N(C3CCC(C4CCCCC4)CC3)C3CCC(C4CCC(C5CCC(N(C6CCC(C7CCCCC7)CC6)C6CCC(C7CCC(CCOC)CC7)CC6)CC5)CC4)CC3)CC2)CC1. The van der Waals surface area contributed by atoms with Crippen LogP contribution < -0.4 is 0 Å². The largest absolute Gasteiger partial charge is 0.385 e. The Kier molecular flexibility index (Phi) is 22.3. The Balaban J connectivity index is 0.650. The van der Waals surface area contributed by atoms with E-state index in [9.17, 15) is 0 Å². The third-order valence-corrected chi connectivity index (χ3v) is 27.3. The number of rotatable bonds is 18. The molecule has 11 aliphatic rings. The Morgan fingerprint density at radius 1 is 0.211 bits per heavy atom. The predicted octanol–water partition coefficient (Wildman–Crippen LogP) is 19.6. The first-order chi connectivity index (χ1) is 37.6. The first kappa shape index (κ1) is 57.6. The summed E-state index contributed by atoms with van der Waals surface area (Å²) < 4.78 is 11.0. The Morgan fingerprint density at radius 3 is 0.579 bits per heavy atom. The van der Waals surface area contributed by atoms with Crippen LogP contribution in [0.3, 0.4) is 0 Å². The lowest BCUT2D eigenvalue weighted by Gasteiger charge is -2.52. The van der Waals surface area contributed by atoms with Crippen molar-refractivity contribution >= 4 is 0 Å². The lowest BCUT2D eigenvalue weighted by Crippen LogP contribution is -2.53. The van der Waals surface area contributed by atoms with Crippen molar-refractivity contribution in [2.24, 2.45) is 82.9 Å². The molecule has 0 bridgehead atoms. The Labute approximate surface area is 471 Å². The van der Waals surface area contributed by atoms with E-state index in [1.807, 2.05) is 14.2 Å². The highest BCUT2D eigenvalue weighted by Gasteiger charge is 2.45. The zero-order valence-corrected chi connectivity index (χ0v) is 50.6. The van der Waals surface area contributed by atoms with E-state index in [4.69, 9.17) is 9.47 Å². The average molecular weight is 1050 g/mol. The van der Waals surface area contributed by atoms with Crippen LogP contribution >= 0.6 is 0 Å². The van der Waals surface area contributed by atoms with Crippen LogP contribution in [0.5, 0.6) is 0 Å². The summed E-state index contributed by atoms with van der Waals surface area (Å²) in [5, 5.41) is 0. The number of hydrogen-bond acceptors (Lipinski definition) is 4. The molecule has 0 aromatic carbocycles. The van der Waals surface area contributed by atoms with E-state index in [1.54, 1.807) is 154 Å². The molecule has 0 radical (unpaired) electrons. The molecular formula is C72H126N2O2. The molecule has 11 saturated carbocycles. The molecule has 0 heterocycles. The van der Waals surface area contributed by atoms with Crippen LogP contribution in [-0.4, -0.2) is 73.5 Å². The summed E-state index contributed by atoms with van der Waals surface area (Å²) in [6.45, 7) is 1.95. The Morgan fingerprint density at radius 2 is 0.382 bits per heavy atom. The molecule has 11 fully saturated rings. The van der Waals surface area contributed by atoms with Gasteiger partial charge >= 0.3 is 0 Å². The van der Waals surface area contributed by atoms with Gasteiger partial charge in [-0.3, -0.25) is 9.80 Å². The monoisotopic (exact) mass is 1050 g/mol. The molecule has 0 amide bonds. The van der Waals surface area contributed by atoms with Gasteiger partial charge in [0, 0.05) is 63.7 Å². The van der Waals surface area contributed by atoms with Crippen molar-refractivity contribution in [2.45, 2.75) is 344 Å². The van der Waals surface area contributed by atoms with E-state index < -0.39 is 0 Å². The number of ether oxygens (including phenoxy) is 2. The maximum absolute atomic E-state index is 5.48. The highest BCUT2D eigenvalue weighted by molar-refractivity contribution is 4.98. The topological polar surface area (TPSA) is 24.9 Å². The molecule has 0 atom stereocenters. The van der Waals surface area contributed by atoms with Gasteiger partial charge in [0.25, 0.3) is 0 Å². The highest BCUT2D eigenvalue weighted by atomic mass is 16.5. The molecular weight excluding hydrogens is 925 g/mol. The minimum absolute atomic E-state index is 0.896. The van der Waals surface area contributed by atoms with Gasteiger partial charge in [0.1, 0.15) is 0 Å². The zero-order valence-electron chi connectivity index (χ0n) is 50.6. The van der Waals surface area contributed by atoms with Gasteiger partial charge in [-0.15, -0.1) is 0 Å². The van der Waals surface area contributed by atoms with Crippen LogP contribution in [0.15, 0.2) is 0 Å². The molecule has 0 N–H and O–H groups in total. The normalized spacial score (nSPS) is 43.3. The summed E-state index contributed by atoms with van der Waals surface area (Å²) >= 11 is 0. The molecule has 0 spiro atoms. The maximum Gasteiger partial charge on any atom is 0.0464 e. The zero-order chi connectivity index (χ0) is 51.5. The van der Waals surface area contributed by atoms with Crippen molar-refractivity contribution < 1.29 is 9.47 Å². The van der Waals surface area contributed by atoms with Gasteiger partial charge in [-0.1, -0.05) is 89.9 Å². The van der Waals surface area contributed by atoms with Gasteiger partial charge in [-0.25, -0.2) is 0 Å². The van der Waals surface area contributed by atoms with Crippen LogP contribution in [0.1, 0.15) is 308 Å². The minimum Gasteiger partial charge on any atom is -0.385 e. The molecule has 4 heteroatoms. The average Bonchev–Trinajstić information content (AvgIpc) is 3.50. The summed E-state index contributed by atoms with van der Waals surface area (Å²) in [4.78, 5) is 6.70. The second-order valence-corrected chi connectivity index (χ2v) is 30.9. The van der Waals surface area contributed by atoms with Crippen LogP contribution in [0, 0.1) is 82.9 Å². The minimum atomic E-state index is 0.896. The number of hydrogen-bond donors (Lipinski definition) is 0. The van der Waals surface area contributed by atoms with Crippen molar-refractivity contribution in [2.75, 3.05) is 27.4 Å². The van der Waals surface area contributed by atoms with Crippen molar-refractivity contribution in [3.63, 3.8) is 0 Å². The molecule has 0 aromatic rings. The van der Waals surface area contributed by atoms with Gasteiger partial charge in [-0.05, 0) is 301 Å². The Hall–Kier alpha value is -0.160. The van der Waals surface area contributed by atoms with E-state index in [1.165, 1.54) is 154 Å². The molecule has 0 aliphatic heterocycles. The van der Waals surface area contributed by atoms with Gasteiger partial charge in [-0.2, -0.15) is 0 Å². The van der Waals surface area contributed by atoms with E-state index in [0.29, 0.717) is 0 Å². The third-order valence-electron chi connectivity index (χ3n) is 27.3. The van der Waals surface area contributed by atoms with Crippen LogP contribution in [0.2, 0.25) is 0 Å². The summed E-state index contributed by atoms with van der Waals surface area (Å²) in [5.41, 5.74) is 0. The first-order valence-electron chi connectivity index (χ1n) is 36.1. The van der Waals surface area contributed by atoms with E-state index >= 15 is 0 Å². The summed E-state index contributed by atoms with van der Waals surface area (Å²) in [5.74, 6) is 14.4. The van der Waals surface area contributed by atoms with Crippen molar-refractivity contribution in [3.05, 3.63) is 0 Å². The molecule has 0 saturated heterocycles. The Bertz CT molecular complexity index is 1450. The van der Waals surface area contributed by atoms with Gasteiger partial charge in [0.15, 0.2) is 0 Å². The quantitative estimate of drug-likeness (QED) is 0.137. The summed E-state index contributed by atoms with van der Waals surface area (Å²) in [6, 6.07) is 5.39. The lowest BCUT2D eigenvalue weighted by molar-refractivity contribution is -0.0165.